The van der Waals surface area contributed by atoms with E-state index >= 15 is 0 Å². The van der Waals surface area contributed by atoms with Crippen LogP contribution < -0.4 is 5.32 Å². The first kappa shape index (κ1) is 16.1. The Morgan fingerprint density at radius 2 is 2.00 bits per heavy atom. The van der Waals surface area contributed by atoms with Gasteiger partial charge in [0.25, 0.3) is 0 Å². The molecule has 0 unspecified atom stereocenters. The van der Waals surface area contributed by atoms with Crippen LogP contribution in [0.4, 0.5) is 0 Å². The predicted molar refractivity (Wildman–Crippen MR) is 97.0 cm³/mol. The number of nitrogens with one attached hydrogen (secondary N) is 1. The lowest BCUT2D eigenvalue weighted by Gasteiger charge is -2.21. The maximum atomic E-state index is 5.88. The van der Waals surface area contributed by atoms with Crippen LogP contribution in [0.2, 0.25) is 0 Å². The molecule has 3 rings (SSSR count). The van der Waals surface area contributed by atoms with Gasteiger partial charge in [-0.25, -0.2) is 0 Å². The molecule has 5 heteroatoms. The van der Waals surface area contributed by atoms with Crippen LogP contribution in [0.3, 0.4) is 0 Å². The van der Waals surface area contributed by atoms with Gasteiger partial charge in [0.15, 0.2) is 5.96 Å². The minimum Gasteiger partial charge on any atom is -0.459 e. The Labute approximate surface area is 142 Å². The molecule has 0 saturated carbocycles. The Kier molecular flexibility index (Phi) is 5.11. The Morgan fingerprint density at radius 3 is 2.75 bits per heavy atom. The summed E-state index contributed by atoms with van der Waals surface area (Å²) < 4.78 is 5.88. The van der Waals surface area contributed by atoms with E-state index in [9.17, 15) is 0 Å². The zero-order valence-electron chi connectivity index (χ0n) is 14.1. The van der Waals surface area contributed by atoms with Crippen LogP contribution in [0, 0.1) is 0 Å². The molecule has 1 aromatic carbocycles. The summed E-state index contributed by atoms with van der Waals surface area (Å²) in [6.45, 7) is 1.49. The summed E-state index contributed by atoms with van der Waals surface area (Å²) in [6.07, 6.45) is 4.57. The molecular formula is C19H22N4O. The molecule has 0 atom stereocenters. The standard InChI is InChI=1S/C19H22N4O/c1-20-19(22-12-9-15-7-10-21-11-8-15)23(2)14-17-13-16-5-3-4-6-18(16)24-17/h3-8,10-11,13H,9,12,14H2,1-2H3,(H,20,22). The first-order chi connectivity index (χ1) is 11.8. The molecule has 2 aromatic heterocycles. The first-order valence-corrected chi connectivity index (χ1v) is 8.04. The molecule has 0 spiro atoms. The number of hydrogen-bond acceptors (Lipinski definition) is 3. The highest BCUT2D eigenvalue weighted by molar-refractivity contribution is 5.80. The van der Waals surface area contributed by atoms with Crippen molar-refractivity contribution in [2.75, 3.05) is 20.6 Å². The van der Waals surface area contributed by atoms with Crippen LogP contribution >= 0.6 is 0 Å². The van der Waals surface area contributed by atoms with Gasteiger partial charge in [-0.15, -0.1) is 0 Å². The van der Waals surface area contributed by atoms with Gasteiger partial charge in [0.2, 0.25) is 0 Å². The third kappa shape index (κ3) is 3.93. The van der Waals surface area contributed by atoms with Crippen molar-refractivity contribution in [2.24, 2.45) is 4.99 Å². The molecule has 5 nitrogen and oxygen atoms in total. The van der Waals surface area contributed by atoms with Crippen molar-refractivity contribution in [1.29, 1.82) is 0 Å². The molecule has 0 bridgehead atoms. The van der Waals surface area contributed by atoms with Gasteiger partial charge in [0.05, 0.1) is 6.54 Å². The molecule has 124 valence electrons. The second kappa shape index (κ2) is 7.64. The second-order valence-corrected chi connectivity index (χ2v) is 5.69. The Hall–Kier alpha value is -2.82. The highest BCUT2D eigenvalue weighted by atomic mass is 16.3. The lowest BCUT2D eigenvalue weighted by atomic mass is 10.2. The molecule has 0 radical (unpaired) electrons. The quantitative estimate of drug-likeness (QED) is 0.579. The van der Waals surface area contributed by atoms with Crippen molar-refractivity contribution in [3.05, 3.63) is 66.2 Å². The number of hydrogen-bond donors (Lipinski definition) is 1. The minimum atomic E-state index is 0.670. The average molecular weight is 322 g/mol. The maximum absolute atomic E-state index is 5.88. The fourth-order valence-electron chi connectivity index (χ4n) is 2.68. The van der Waals surface area contributed by atoms with E-state index in [1.54, 1.807) is 7.05 Å². The van der Waals surface area contributed by atoms with Gasteiger partial charge in [-0.2, -0.15) is 0 Å². The number of aromatic nitrogens is 1. The molecular weight excluding hydrogens is 300 g/mol. The van der Waals surface area contributed by atoms with Crippen molar-refractivity contribution in [3.63, 3.8) is 0 Å². The van der Waals surface area contributed by atoms with Gasteiger partial charge >= 0.3 is 0 Å². The van der Waals surface area contributed by atoms with Crippen molar-refractivity contribution in [3.8, 4) is 0 Å². The lowest BCUT2D eigenvalue weighted by Crippen LogP contribution is -2.39. The average Bonchev–Trinajstić information content (AvgIpc) is 3.01. The van der Waals surface area contributed by atoms with Crippen molar-refractivity contribution in [2.45, 2.75) is 13.0 Å². The van der Waals surface area contributed by atoms with E-state index in [4.69, 9.17) is 4.42 Å². The van der Waals surface area contributed by atoms with E-state index in [0.717, 1.165) is 35.7 Å². The molecule has 24 heavy (non-hydrogen) atoms. The van der Waals surface area contributed by atoms with E-state index in [1.807, 2.05) is 49.8 Å². The number of nitrogens with zero attached hydrogens (tertiary/aromatic N) is 3. The lowest BCUT2D eigenvalue weighted by molar-refractivity contribution is 0.413. The zero-order chi connectivity index (χ0) is 16.8. The Morgan fingerprint density at radius 1 is 1.21 bits per heavy atom. The molecule has 1 N–H and O–H groups in total. The minimum absolute atomic E-state index is 0.670. The van der Waals surface area contributed by atoms with E-state index in [-0.39, 0.29) is 0 Å². The molecule has 0 aliphatic carbocycles. The van der Waals surface area contributed by atoms with Gasteiger partial charge in [-0.1, -0.05) is 18.2 Å². The number of para-hydroxylation sites is 1. The number of pyridine rings is 1. The van der Waals surface area contributed by atoms with Gasteiger partial charge in [-0.3, -0.25) is 9.98 Å². The predicted octanol–water partition coefficient (Wildman–Crippen LogP) is 3.08. The van der Waals surface area contributed by atoms with Crippen LogP contribution in [0.5, 0.6) is 0 Å². The number of aliphatic imine (C=N–C) groups is 1. The maximum Gasteiger partial charge on any atom is 0.193 e. The van der Waals surface area contributed by atoms with Gasteiger partial charge in [-0.05, 0) is 36.2 Å². The fourth-order valence-corrected chi connectivity index (χ4v) is 2.68. The summed E-state index contributed by atoms with van der Waals surface area (Å²) in [4.78, 5) is 10.4. The summed E-state index contributed by atoms with van der Waals surface area (Å²) in [6, 6.07) is 14.2. The van der Waals surface area contributed by atoms with Gasteiger partial charge in [0, 0.05) is 38.4 Å². The smallest absolute Gasteiger partial charge is 0.193 e. The summed E-state index contributed by atoms with van der Waals surface area (Å²) >= 11 is 0. The number of furan rings is 1. The van der Waals surface area contributed by atoms with Crippen LogP contribution in [0.1, 0.15) is 11.3 Å². The molecule has 3 aromatic rings. The zero-order valence-corrected chi connectivity index (χ0v) is 14.1. The van der Waals surface area contributed by atoms with E-state index < -0.39 is 0 Å². The summed E-state index contributed by atoms with van der Waals surface area (Å²) in [5, 5.41) is 4.51. The van der Waals surface area contributed by atoms with E-state index in [0.29, 0.717) is 6.54 Å². The summed E-state index contributed by atoms with van der Waals surface area (Å²) in [5.41, 5.74) is 2.18. The summed E-state index contributed by atoms with van der Waals surface area (Å²) in [7, 11) is 3.80. The fraction of sp³-hybridized carbons (Fsp3) is 0.263. The van der Waals surface area contributed by atoms with E-state index in [1.165, 1.54) is 5.56 Å². The Balaban J connectivity index is 1.56. The largest absolute Gasteiger partial charge is 0.459 e. The molecule has 0 amide bonds. The molecule has 2 heterocycles. The normalized spacial score (nSPS) is 11.7. The number of rotatable bonds is 5. The van der Waals surface area contributed by atoms with Crippen molar-refractivity contribution < 1.29 is 4.42 Å². The topological polar surface area (TPSA) is 53.7 Å². The van der Waals surface area contributed by atoms with E-state index in [2.05, 4.69) is 32.3 Å². The number of benzene rings is 1. The molecule has 0 saturated heterocycles. The Bertz CT molecular complexity index is 777. The van der Waals surface area contributed by atoms with Crippen LogP contribution in [-0.4, -0.2) is 36.5 Å². The third-order valence-electron chi connectivity index (χ3n) is 3.89. The highest BCUT2D eigenvalue weighted by Gasteiger charge is 2.10. The van der Waals surface area contributed by atoms with Crippen LogP contribution in [0.25, 0.3) is 11.0 Å². The van der Waals surface area contributed by atoms with Gasteiger partial charge < -0.3 is 14.6 Å². The van der Waals surface area contributed by atoms with Crippen LogP contribution in [-0.2, 0) is 13.0 Å². The van der Waals surface area contributed by atoms with Gasteiger partial charge in [0.1, 0.15) is 11.3 Å². The second-order valence-electron chi connectivity index (χ2n) is 5.69. The number of guanidine groups is 1. The van der Waals surface area contributed by atoms with Crippen molar-refractivity contribution in [1.82, 2.24) is 15.2 Å². The highest BCUT2D eigenvalue weighted by Crippen LogP contribution is 2.19. The van der Waals surface area contributed by atoms with Crippen molar-refractivity contribution >= 4 is 16.9 Å². The monoisotopic (exact) mass is 322 g/mol. The summed E-state index contributed by atoms with van der Waals surface area (Å²) in [5.74, 6) is 1.78. The first-order valence-electron chi connectivity index (χ1n) is 8.04. The van der Waals surface area contributed by atoms with Crippen LogP contribution in [0.15, 0.2) is 64.3 Å². The molecule has 0 fully saturated rings. The number of fused-ring (bicyclic) bond motifs is 1. The molecule has 0 aliphatic rings. The molecule has 0 aliphatic heterocycles. The SMILES string of the molecule is CN=C(NCCc1ccncc1)N(C)Cc1cc2ccccc2o1. The third-order valence-corrected chi connectivity index (χ3v) is 3.89.